The van der Waals surface area contributed by atoms with Gasteiger partial charge in [0.1, 0.15) is 6.04 Å². The maximum atomic E-state index is 13.9. The Morgan fingerprint density at radius 2 is 1.51 bits per heavy atom. The van der Waals surface area contributed by atoms with E-state index >= 15 is 0 Å². The van der Waals surface area contributed by atoms with E-state index in [1.807, 2.05) is 75.4 Å². The molecular formula is C30H36BrN3O4S. The third kappa shape index (κ3) is 8.74. The van der Waals surface area contributed by atoms with E-state index in [1.165, 1.54) is 24.1 Å². The van der Waals surface area contributed by atoms with Crippen molar-refractivity contribution < 1.29 is 18.0 Å². The number of benzene rings is 3. The van der Waals surface area contributed by atoms with E-state index in [9.17, 15) is 18.0 Å². The number of halogens is 1. The van der Waals surface area contributed by atoms with Gasteiger partial charge in [-0.2, -0.15) is 4.31 Å². The zero-order valence-electron chi connectivity index (χ0n) is 22.8. The average molecular weight is 615 g/mol. The predicted molar refractivity (Wildman–Crippen MR) is 157 cm³/mol. The van der Waals surface area contributed by atoms with Crippen LogP contribution in [0.4, 0.5) is 0 Å². The maximum Gasteiger partial charge on any atom is 0.243 e. The number of carbonyl (C=O) groups excluding carboxylic acids is 2. The molecule has 208 valence electrons. The number of nitrogens with one attached hydrogen (secondary N) is 1. The molecule has 0 heterocycles. The number of hydrogen-bond acceptors (Lipinski definition) is 4. The van der Waals surface area contributed by atoms with Crippen molar-refractivity contribution >= 4 is 37.8 Å². The highest BCUT2D eigenvalue weighted by molar-refractivity contribution is 9.10. The summed E-state index contributed by atoms with van der Waals surface area (Å²) in [5.74, 6) is -0.508. The van der Waals surface area contributed by atoms with E-state index in [0.717, 1.165) is 25.5 Å². The lowest BCUT2D eigenvalue weighted by molar-refractivity contribution is -0.141. The Bertz CT molecular complexity index is 1350. The first-order valence-corrected chi connectivity index (χ1v) is 15.1. The number of likely N-dealkylation sites (N-methyl/N-ethyl adjacent to an activating group) is 1. The summed E-state index contributed by atoms with van der Waals surface area (Å²) >= 11 is 3.43. The van der Waals surface area contributed by atoms with E-state index in [-0.39, 0.29) is 23.3 Å². The molecule has 0 aliphatic carbocycles. The van der Waals surface area contributed by atoms with Gasteiger partial charge in [0.05, 0.1) is 11.4 Å². The monoisotopic (exact) mass is 613 g/mol. The minimum Gasteiger partial charge on any atom is -0.354 e. The molecule has 0 aliphatic heterocycles. The zero-order chi connectivity index (χ0) is 28.6. The van der Waals surface area contributed by atoms with Gasteiger partial charge in [0.25, 0.3) is 0 Å². The molecule has 1 N–H and O–H groups in total. The number of rotatable bonds is 12. The van der Waals surface area contributed by atoms with Crippen molar-refractivity contribution in [2.75, 3.05) is 20.1 Å². The van der Waals surface area contributed by atoms with Gasteiger partial charge < -0.3 is 10.2 Å². The SMILES string of the molecule is Cc1ccc(S(=O)(=O)N(C)CC(=O)N(Cc2ccc(Br)cc2)[C@H](Cc2ccccc2)C(=O)NCC(C)C)cc1. The molecule has 2 amide bonds. The largest absolute Gasteiger partial charge is 0.354 e. The van der Waals surface area contributed by atoms with E-state index in [2.05, 4.69) is 21.2 Å². The topological polar surface area (TPSA) is 86.8 Å². The van der Waals surface area contributed by atoms with Crippen molar-refractivity contribution in [2.24, 2.45) is 5.92 Å². The van der Waals surface area contributed by atoms with E-state index < -0.39 is 28.5 Å². The molecular weight excluding hydrogens is 578 g/mol. The molecule has 1 atom stereocenters. The Morgan fingerprint density at radius 1 is 0.897 bits per heavy atom. The second kappa shape index (κ2) is 13.9. The summed E-state index contributed by atoms with van der Waals surface area (Å²) in [5, 5.41) is 2.98. The van der Waals surface area contributed by atoms with Crippen molar-refractivity contribution in [1.29, 1.82) is 0 Å². The molecule has 0 aliphatic rings. The lowest BCUT2D eigenvalue weighted by Crippen LogP contribution is -2.53. The molecule has 0 bridgehead atoms. The summed E-state index contributed by atoms with van der Waals surface area (Å²) in [6, 6.07) is 22.7. The van der Waals surface area contributed by atoms with E-state index in [4.69, 9.17) is 0 Å². The molecule has 0 radical (unpaired) electrons. The summed E-state index contributed by atoms with van der Waals surface area (Å²) in [5.41, 5.74) is 2.66. The Kier molecular flexibility index (Phi) is 10.9. The van der Waals surface area contributed by atoms with Crippen LogP contribution in [0, 0.1) is 12.8 Å². The van der Waals surface area contributed by atoms with Crippen LogP contribution in [-0.4, -0.2) is 55.6 Å². The Balaban J connectivity index is 1.96. The van der Waals surface area contributed by atoms with Crippen LogP contribution in [0.3, 0.4) is 0 Å². The first-order valence-electron chi connectivity index (χ1n) is 12.9. The molecule has 0 unspecified atom stereocenters. The normalized spacial score (nSPS) is 12.4. The fourth-order valence-corrected chi connectivity index (χ4v) is 5.40. The molecule has 39 heavy (non-hydrogen) atoms. The molecule has 0 fully saturated rings. The number of amides is 2. The fraction of sp³-hybridized carbons (Fsp3) is 0.333. The van der Waals surface area contributed by atoms with Gasteiger partial charge in [0, 0.05) is 31.0 Å². The van der Waals surface area contributed by atoms with Gasteiger partial charge in [0.2, 0.25) is 21.8 Å². The van der Waals surface area contributed by atoms with Gasteiger partial charge >= 0.3 is 0 Å². The number of carbonyl (C=O) groups is 2. The second-order valence-corrected chi connectivity index (χ2v) is 13.0. The van der Waals surface area contributed by atoms with Crippen LogP contribution in [0.25, 0.3) is 0 Å². The van der Waals surface area contributed by atoms with Crippen molar-refractivity contribution in [2.45, 2.75) is 44.7 Å². The quantitative estimate of drug-likeness (QED) is 0.318. The molecule has 0 aromatic heterocycles. The van der Waals surface area contributed by atoms with Gasteiger partial charge in [0.15, 0.2) is 0 Å². The van der Waals surface area contributed by atoms with Crippen LogP contribution in [0.2, 0.25) is 0 Å². The molecule has 9 heteroatoms. The Hall–Kier alpha value is -3.01. The number of sulfonamides is 1. The highest BCUT2D eigenvalue weighted by Crippen LogP contribution is 2.19. The van der Waals surface area contributed by atoms with E-state index in [0.29, 0.717) is 13.0 Å². The standard InChI is InChI=1S/C30H36BrN3O4S/c1-22(2)19-32-30(36)28(18-24-8-6-5-7-9-24)34(20-25-12-14-26(31)15-13-25)29(35)21-33(4)39(37,38)27-16-10-23(3)11-17-27/h5-17,22,28H,18-21H2,1-4H3,(H,32,36)/t28-/m1/s1. The van der Waals surface area contributed by atoms with Crippen LogP contribution >= 0.6 is 15.9 Å². The maximum absolute atomic E-state index is 13.9. The first-order chi connectivity index (χ1) is 18.5. The third-order valence-corrected chi connectivity index (χ3v) is 8.66. The minimum atomic E-state index is -3.91. The fourth-order valence-electron chi connectivity index (χ4n) is 4.02. The van der Waals surface area contributed by atoms with Crippen molar-refractivity contribution in [3.63, 3.8) is 0 Å². The highest BCUT2D eigenvalue weighted by Gasteiger charge is 2.33. The van der Waals surface area contributed by atoms with Crippen LogP contribution < -0.4 is 5.32 Å². The minimum absolute atomic E-state index is 0.110. The predicted octanol–water partition coefficient (Wildman–Crippen LogP) is 4.79. The molecule has 0 spiro atoms. The molecule has 3 aromatic rings. The van der Waals surface area contributed by atoms with Crippen LogP contribution in [0.1, 0.15) is 30.5 Å². The average Bonchev–Trinajstić information content (AvgIpc) is 2.91. The summed E-state index contributed by atoms with van der Waals surface area (Å²) in [6.45, 7) is 6.09. The highest BCUT2D eigenvalue weighted by atomic mass is 79.9. The van der Waals surface area contributed by atoms with Crippen LogP contribution in [0.15, 0.2) is 88.2 Å². The smallest absolute Gasteiger partial charge is 0.243 e. The van der Waals surface area contributed by atoms with Gasteiger partial charge in [-0.25, -0.2) is 8.42 Å². The number of nitrogens with zero attached hydrogens (tertiary/aromatic N) is 2. The lowest BCUT2D eigenvalue weighted by atomic mass is 10.0. The van der Waals surface area contributed by atoms with Crippen LogP contribution in [-0.2, 0) is 32.6 Å². The van der Waals surface area contributed by atoms with Crippen molar-refractivity contribution in [3.05, 3.63) is 100 Å². The Morgan fingerprint density at radius 3 is 2.10 bits per heavy atom. The van der Waals surface area contributed by atoms with Crippen molar-refractivity contribution in [1.82, 2.24) is 14.5 Å². The first kappa shape index (κ1) is 30.5. The summed E-state index contributed by atoms with van der Waals surface area (Å²) in [6.07, 6.45) is 0.293. The Labute approximate surface area is 240 Å². The summed E-state index contributed by atoms with van der Waals surface area (Å²) in [7, 11) is -2.53. The molecule has 3 aromatic carbocycles. The number of hydrogen-bond donors (Lipinski definition) is 1. The molecule has 0 saturated heterocycles. The summed E-state index contributed by atoms with van der Waals surface area (Å²) < 4.78 is 28.4. The second-order valence-electron chi connectivity index (χ2n) is 10.1. The van der Waals surface area contributed by atoms with E-state index in [1.54, 1.807) is 12.1 Å². The van der Waals surface area contributed by atoms with Gasteiger partial charge in [-0.3, -0.25) is 9.59 Å². The lowest BCUT2D eigenvalue weighted by Gasteiger charge is -2.33. The van der Waals surface area contributed by atoms with Gasteiger partial charge in [-0.05, 0) is 48.2 Å². The van der Waals surface area contributed by atoms with Crippen molar-refractivity contribution in [3.8, 4) is 0 Å². The van der Waals surface area contributed by atoms with Gasteiger partial charge in [-0.1, -0.05) is 89.9 Å². The zero-order valence-corrected chi connectivity index (χ0v) is 25.2. The molecule has 7 nitrogen and oxygen atoms in total. The summed E-state index contributed by atoms with van der Waals surface area (Å²) in [4.78, 5) is 29.0. The molecule has 3 rings (SSSR count). The number of aryl methyl sites for hydroxylation is 1. The molecule has 0 saturated carbocycles. The van der Waals surface area contributed by atoms with Crippen LogP contribution in [0.5, 0.6) is 0 Å². The van der Waals surface area contributed by atoms with Gasteiger partial charge in [-0.15, -0.1) is 0 Å². The third-order valence-electron chi connectivity index (χ3n) is 6.31.